The molecule has 5 heterocycles. The number of amides is 3. The van der Waals surface area contributed by atoms with Crippen molar-refractivity contribution in [3.63, 3.8) is 0 Å². The Morgan fingerprint density at radius 1 is 1.17 bits per heavy atom. The summed E-state index contributed by atoms with van der Waals surface area (Å²) in [6.07, 6.45) is 3.43. The second-order valence-corrected chi connectivity index (χ2v) is 9.18. The van der Waals surface area contributed by atoms with Crippen LogP contribution in [0.1, 0.15) is 31.2 Å². The van der Waals surface area contributed by atoms with Gasteiger partial charge in [-0.15, -0.1) is 0 Å². The quantitative estimate of drug-likeness (QED) is 0.744. The minimum Gasteiger partial charge on any atom is -0.376 e. The van der Waals surface area contributed by atoms with Crippen LogP contribution in [0.4, 0.5) is 5.69 Å². The van der Waals surface area contributed by atoms with Crippen molar-refractivity contribution in [3.05, 3.63) is 28.8 Å². The predicted molar refractivity (Wildman–Crippen MR) is 104 cm³/mol. The SMILES string of the molecule is O=C1[C@H]2[C@@H]3CCCN3[C@@]3(C(=O)Nc4ccc(Cl)cc43)[C@H]2C(=O)N1C[C@H]1CCCO1. The molecule has 0 bridgehead atoms. The highest BCUT2D eigenvalue weighted by Gasteiger charge is 2.74. The summed E-state index contributed by atoms with van der Waals surface area (Å²) in [4.78, 5) is 44.0. The molecule has 0 unspecified atom stereocenters. The molecule has 1 spiro atoms. The molecule has 5 aliphatic rings. The number of nitrogens with zero attached hydrogens (tertiary/aromatic N) is 2. The summed E-state index contributed by atoms with van der Waals surface area (Å²) in [6.45, 7) is 1.66. The highest BCUT2D eigenvalue weighted by Crippen LogP contribution is 2.60. The maximum absolute atomic E-state index is 13.6. The van der Waals surface area contributed by atoms with Crippen LogP contribution in [0.5, 0.6) is 0 Å². The maximum atomic E-state index is 13.6. The lowest BCUT2D eigenvalue weighted by Crippen LogP contribution is -2.54. The third-order valence-corrected chi connectivity index (χ3v) is 7.69. The van der Waals surface area contributed by atoms with Crippen molar-refractivity contribution >= 4 is 35.0 Å². The third kappa shape index (κ3) is 2.13. The van der Waals surface area contributed by atoms with Crippen molar-refractivity contribution < 1.29 is 19.1 Å². The number of carbonyl (C=O) groups excluding carboxylic acids is 3. The van der Waals surface area contributed by atoms with E-state index in [1.807, 2.05) is 0 Å². The number of carbonyl (C=O) groups is 3. The first kappa shape index (κ1) is 17.9. The van der Waals surface area contributed by atoms with Crippen LogP contribution in [0.15, 0.2) is 18.2 Å². The smallest absolute Gasteiger partial charge is 0.250 e. The molecule has 0 radical (unpaired) electrons. The summed E-state index contributed by atoms with van der Waals surface area (Å²) < 4.78 is 5.68. The molecule has 0 aliphatic carbocycles. The number of benzene rings is 1. The lowest BCUT2D eigenvalue weighted by atomic mass is 9.75. The number of hydrogen-bond acceptors (Lipinski definition) is 5. The Balaban J connectivity index is 1.48. The number of halogens is 1. The Hall–Kier alpha value is -1.96. The van der Waals surface area contributed by atoms with Crippen LogP contribution in [0.25, 0.3) is 0 Å². The molecule has 0 saturated carbocycles. The Labute approximate surface area is 173 Å². The number of likely N-dealkylation sites (tertiary alicyclic amines) is 1. The van der Waals surface area contributed by atoms with Gasteiger partial charge in [0.25, 0.3) is 0 Å². The molecule has 4 fully saturated rings. The van der Waals surface area contributed by atoms with Gasteiger partial charge in [-0.1, -0.05) is 11.6 Å². The van der Waals surface area contributed by atoms with Crippen LogP contribution in [0.2, 0.25) is 5.02 Å². The average molecular weight is 416 g/mol. The summed E-state index contributed by atoms with van der Waals surface area (Å²) in [6, 6.07) is 5.21. The molecule has 1 N–H and O–H groups in total. The topological polar surface area (TPSA) is 79.0 Å². The zero-order valence-corrected chi connectivity index (χ0v) is 16.7. The van der Waals surface area contributed by atoms with Crippen molar-refractivity contribution in [2.75, 3.05) is 25.0 Å². The van der Waals surface area contributed by atoms with E-state index in [4.69, 9.17) is 16.3 Å². The van der Waals surface area contributed by atoms with Crippen molar-refractivity contribution in [2.45, 2.75) is 43.4 Å². The maximum Gasteiger partial charge on any atom is 0.250 e. The van der Waals surface area contributed by atoms with E-state index in [1.165, 1.54) is 4.90 Å². The summed E-state index contributed by atoms with van der Waals surface area (Å²) >= 11 is 6.29. The molecule has 152 valence electrons. The summed E-state index contributed by atoms with van der Waals surface area (Å²) in [5.41, 5.74) is 0.266. The second-order valence-electron chi connectivity index (χ2n) is 8.74. The first-order chi connectivity index (χ1) is 14.0. The van der Waals surface area contributed by atoms with Gasteiger partial charge < -0.3 is 10.1 Å². The van der Waals surface area contributed by atoms with Gasteiger partial charge in [0.2, 0.25) is 17.7 Å². The molecule has 1 aromatic carbocycles. The lowest BCUT2D eigenvalue weighted by molar-refractivity contribution is -0.147. The van der Waals surface area contributed by atoms with Gasteiger partial charge in [0.05, 0.1) is 24.5 Å². The number of imide groups is 1. The summed E-state index contributed by atoms with van der Waals surface area (Å²) in [5, 5.41) is 3.48. The number of hydrogen-bond donors (Lipinski definition) is 1. The molecule has 3 amide bonds. The van der Waals surface area contributed by atoms with Gasteiger partial charge in [0.15, 0.2) is 0 Å². The molecule has 8 heteroatoms. The van der Waals surface area contributed by atoms with E-state index in [2.05, 4.69) is 10.2 Å². The van der Waals surface area contributed by atoms with Gasteiger partial charge in [-0.05, 0) is 50.4 Å². The Morgan fingerprint density at radius 2 is 2.03 bits per heavy atom. The monoisotopic (exact) mass is 415 g/mol. The summed E-state index contributed by atoms with van der Waals surface area (Å²) in [5.74, 6) is -1.79. The van der Waals surface area contributed by atoms with Crippen LogP contribution in [0.3, 0.4) is 0 Å². The first-order valence-corrected chi connectivity index (χ1v) is 10.8. The van der Waals surface area contributed by atoms with Crippen molar-refractivity contribution in [1.29, 1.82) is 0 Å². The third-order valence-electron chi connectivity index (χ3n) is 7.46. The van der Waals surface area contributed by atoms with E-state index in [1.54, 1.807) is 18.2 Å². The largest absolute Gasteiger partial charge is 0.376 e. The number of rotatable bonds is 2. The van der Waals surface area contributed by atoms with Gasteiger partial charge in [-0.25, -0.2) is 0 Å². The highest BCUT2D eigenvalue weighted by atomic mass is 35.5. The van der Waals surface area contributed by atoms with E-state index >= 15 is 0 Å². The Kier molecular flexibility index (Phi) is 3.71. The van der Waals surface area contributed by atoms with E-state index in [-0.39, 0.29) is 36.4 Å². The Bertz CT molecular complexity index is 946. The van der Waals surface area contributed by atoms with E-state index in [0.717, 1.165) is 31.2 Å². The van der Waals surface area contributed by atoms with Gasteiger partial charge >= 0.3 is 0 Å². The first-order valence-electron chi connectivity index (χ1n) is 10.4. The van der Waals surface area contributed by atoms with Gasteiger partial charge in [-0.2, -0.15) is 0 Å². The number of nitrogens with one attached hydrogen (secondary N) is 1. The zero-order chi connectivity index (χ0) is 19.9. The Morgan fingerprint density at radius 3 is 2.83 bits per heavy atom. The molecular formula is C21H22ClN3O4. The second kappa shape index (κ2) is 6.03. The van der Waals surface area contributed by atoms with E-state index in [0.29, 0.717) is 23.9 Å². The fourth-order valence-corrected chi connectivity index (χ4v) is 6.58. The fraction of sp³-hybridized carbons (Fsp3) is 0.571. The molecule has 29 heavy (non-hydrogen) atoms. The highest BCUT2D eigenvalue weighted by molar-refractivity contribution is 6.31. The van der Waals surface area contributed by atoms with Gasteiger partial charge in [-0.3, -0.25) is 24.2 Å². The number of fused-ring (bicyclic) bond motifs is 7. The van der Waals surface area contributed by atoms with Crippen LogP contribution in [0, 0.1) is 11.8 Å². The molecule has 6 rings (SSSR count). The minimum atomic E-state index is -1.15. The van der Waals surface area contributed by atoms with Crippen LogP contribution < -0.4 is 5.32 Å². The zero-order valence-electron chi connectivity index (χ0n) is 15.9. The molecule has 5 atom stereocenters. The number of anilines is 1. The molecule has 4 saturated heterocycles. The van der Waals surface area contributed by atoms with E-state index in [9.17, 15) is 14.4 Å². The van der Waals surface area contributed by atoms with Crippen molar-refractivity contribution in [2.24, 2.45) is 11.8 Å². The van der Waals surface area contributed by atoms with Crippen molar-refractivity contribution in [1.82, 2.24) is 9.80 Å². The number of ether oxygens (including phenoxy) is 1. The molecule has 0 aromatic heterocycles. The molecule has 5 aliphatic heterocycles. The van der Waals surface area contributed by atoms with Crippen LogP contribution in [-0.4, -0.2) is 59.4 Å². The predicted octanol–water partition coefficient (Wildman–Crippen LogP) is 1.75. The van der Waals surface area contributed by atoms with Gasteiger partial charge in [0, 0.05) is 28.9 Å². The molecule has 7 nitrogen and oxygen atoms in total. The molecular weight excluding hydrogens is 394 g/mol. The lowest BCUT2D eigenvalue weighted by Gasteiger charge is -2.36. The standard InChI is InChI=1S/C21H22ClN3O4/c22-11-5-6-14-13(9-11)21(20(28)23-14)17-16(15-4-1-7-25(15)21)18(26)24(19(17)27)10-12-3-2-8-29-12/h5-6,9,12,15-17H,1-4,7-8,10H2,(H,23,28)/t12-,15+,16+,17-,21-/m1/s1. The van der Waals surface area contributed by atoms with Crippen molar-refractivity contribution in [3.8, 4) is 0 Å². The van der Waals surface area contributed by atoms with Crippen LogP contribution in [-0.2, 0) is 24.7 Å². The normalized spacial score (nSPS) is 38.1. The minimum absolute atomic E-state index is 0.0957. The van der Waals surface area contributed by atoms with E-state index < -0.39 is 17.4 Å². The summed E-state index contributed by atoms with van der Waals surface area (Å²) in [7, 11) is 0. The average Bonchev–Trinajstić information content (AvgIpc) is 3.47. The van der Waals surface area contributed by atoms with Gasteiger partial charge in [0.1, 0.15) is 5.54 Å². The van der Waals surface area contributed by atoms with Crippen LogP contribution >= 0.6 is 11.6 Å². The molecule has 1 aromatic rings. The fourth-order valence-electron chi connectivity index (χ4n) is 6.41.